The van der Waals surface area contributed by atoms with E-state index in [4.69, 9.17) is 9.47 Å². The lowest BCUT2D eigenvalue weighted by molar-refractivity contribution is -0.157. The van der Waals surface area contributed by atoms with Crippen molar-refractivity contribution in [3.05, 3.63) is 65.7 Å². The van der Waals surface area contributed by atoms with E-state index < -0.39 is 24.1 Å². The average molecular weight is 399 g/mol. The van der Waals surface area contributed by atoms with Crippen molar-refractivity contribution in [3.8, 4) is 5.75 Å². The fourth-order valence-corrected chi connectivity index (χ4v) is 2.60. The van der Waals surface area contributed by atoms with Gasteiger partial charge in [-0.2, -0.15) is 0 Å². The smallest absolute Gasteiger partial charge is 0.307 e. The fraction of sp³-hybridized carbons (Fsp3) is 0.391. The Morgan fingerprint density at radius 2 is 1.66 bits per heavy atom. The Morgan fingerprint density at radius 1 is 1.00 bits per heavy atom. The second kappa shape index (κ2) is 10.6. The van der Waals surface area contributed by atoms with Gasteiger partial charge in [-0.1, -0.05) is 42.5 Å². The van der Waals surface area contributed by atoms with Gasteiger partial charge in [-0.05, 0) is 44.0 Å². The largest absolute Gasteiger partial charge is 0.489 e. The first-order chi connectivity index (χ1) is 13.8. The van der Waals surface area contributed by atoms with Crippen molar-refractivity contribution < 1.29 is 24.2 Å². The van der Waals surface area contributed by atoms with Crippen LogP contribution < -0.4 is 10.1 Å². The Kier molecular flexibility index (Phi) is 8.21. The van der Waals surface area contributed by atoms with E-state index in [1.165, 1.54) is 0 Å². The molecule has 0 saturated heterocycles. The number of esters is 1. The second-order valence-electron chi connectivity index (χ2n) is 7.81. The van der Waals surface area contributed by atoms with Crippen LogP contribution in [0.15, 0.2) is 54.6 Å². The van der Waals surface area contributed by atoms with Crippen LogP contribution in [0.5, 0.6) is 5.75 Å². The van der Waals surface area contributed by atoms with Crippen molar-refractivity contribution in [2.75, 3.05) is 6.61 Å². The maximum Gasteiger partial charge on any atom is 0.307 e. The van der Waals surface area contributed by atoms with Gasteiger partial charge in [0.1, 0.15) is 18.0 Å². The molecule has 29 heavy (non-hydrogen) atoms. The maximum absolute atomic E-state index is 12.3. The van der Waals surface area contributed by atoms with Crippen LogP contribution in [-0.2, 0) is 27.5 Å². The quantitative estimate of drug-likeness (QED) is 0.633. The van der Waals surface area contributed by atoms with Crippen molar-refractivity contribution in [1.82, 2.24) is 5.32 Å². The molecule has 1 amide bonds. The van der Waals surface area contributed by atoms with Gasteiger partial charge in [0.15, 0.2) is 0 Å². The number of benzene rings is 2. The van der Waals surface area contributed by atoms with Gasteiger partial charge in [-0.3, -0.25) is 9.59 Å². The number of nitrogens with one attached hydrogen (secondary N) is 1. The third-order valence-corrected chi connectivity index (χ3v) is 4.06. The molecular formula is C23H29NO5. The molecule has 0 spiro atoms. The van der Waals surface area contributed by atoms with E-state index in [-0.39, 0.29) is 12.3 Å². The van der Waals surface area contributed by atoms with Crippen LogP contribution in [0.25, 0.3) is 0 Å². The molecule has 0 aromatic heterocycles. The number of hydrogen-bond acceptors (Lipinski definition) is 5. The van der Waals surface area contributed by atoms with E-state index >= 15 is 0 Å². The van der Waals surface area contributed by atoms with Crippen molar-refractivity contribution in [3.63, 3.8) is 0 Å². The molecule has 0 saturated carbocycles. The lowest BCUT2D eigenvalue weighted by atomic mass is 10.1. The molecule has 156 valence electrons. The third kappa shape index (κ3) is 8.35. The summed E-state index contributed by atoms with van der Waals surface area (Å²) in [5, 5.41) is 12.2. The SMILES string of the molecule is CC(C)(C)OC(=O)C[C@H](CO)C(=O)NCc1ccc(OCc2ccccc2)cc1. The van der Waals surface area contributed by atoms with E-state index in [9.17, 15) is 14.7 Å². The van der Waals surface area contributed by atoms with Crippen LogP contribution in [0.3, 0.4) is 0 Å². The molecule has 0 aliphatic heterocycles. The highest BCUT2D eigenvalue weighted by Crippen LogP contribution is 2.15. The van der Waals surface area contributed by atoms with Crippen LogP contribution >= 0.6 is 0 Å². The van der Waals surface area contributed by atoms with Crippen LogP contribution in [0, 0.1) is 5.92 Å². The van der Waals surface area contributed by atoms with Gasteiger partial charge in [0.2, 0.25) is 5.91 Å². The molecule has 0 unspecified atom stereocenters. The molecule has 0 bridgehead atoms. The molecule has 6 nitrogen and oxygen atoms in total. The molecule has 0 fully saturated rings. The Bertz CT molecular complexity index is 781. The molecule has 1 atom stereocenters. The summed E-state index contributed by atoms with van der Waals surface area (Å²) in [6, 6.07) is 17.3. The molecule has 0 aliphatic carbocycles. The van der Waals surface area contributed by atoms with Crippen LogP contribution in [-0.4, -0.2) is 29.2 Å². The highest BCUT2D eigenvalue weighted by Gasteiger charge is 2.24. The molecule has 2 N–H and O–H groups in total. The Balaban J connectivity index is 1.80. The molecular weight excluding hydrogens is 370 g/mol. The van der Waals surface area contributed by atoms with Crippen molar-refractivity contribution in [2.45, 2.75) is 45.9 Å². The third-order valence-electron chi connectivity index (χ3n) is 4.06. The minimum Gasteiger partial charge on any atom is -0.489 e. The number of ether oxygens (including phenoxy) is 2. The molecule has 0 heterocycles. The lowest BCUT2D eigenvalue weighted by Gasteiger charge is -2.21. The van der Waals surface area contributed by atoms with Gasteiger partial charge >= 0.3 is 5.97 Å². The van der Waals surface area contributed by atoms with Crippen LogP contribution in [0.4, 0.5) is 0 Å². The number of carbonyl (C=O) groups excluding carboxylic acids is 2. The molecule has 0 radical (unpaired) electrons. The zero-order valence-electron chi connectivity index (χ0n) is 17.2. The molecule has 2 aromatic carbocycles. The first-order valence-corrected chi connectivity index (χ1v) is 9.63. The Morgan fingerprint density at radius 3 is 2.24 bits per heavy atom. The molecule has 0 aliphatic rings. The maximum atomic E-state index is 12.3. The van der Waals surface area contributed by atoms with E-state index in [2.05, 4.69) is 5.32 Å². The number of carbonyl (C=O) groups is 2. The van der Waals surface area contributed by atoms with Gasteiger partial charge in [-0.15, -0.1) is 0 Å². The minimum atomic E-state index is -0.835. The number of aliphatic hydroxyl groups is 1. The van der Waals surface area contributed by atoms with E-state index in [1.54, 1.807) is 20.8 Å². The Hall–Kier alpha value is -2.86. The minimum absolute atomic E-state index is 0.161. The standard InChI is InChI=1S/C23H29NO5/c1-23(2,3)29-21(26)13-19(15-25)22(27)24-14-17-9-11-20(12-10-17)28-16-18-7-5-4-6-8-18/h4-12,19,25H,13-16H2,1-3H3,(H,24,27)/t19-/m1/s1. The van der Waals surface area contributed by atoms with Crippen molar-refractivity contribution in [1.29, 1.82) is 0 Å². The first kappa shape index (κ1) is 22.4. The lowest BCUT2D eigenvalue weighted by Crippen LogP contribution is -2.35. The number of aliphatic hydroxyl groups excluding tert-OH is 1. The highest BCUT2D eigenvalue weighted by molar-refractivity contribution is 5.83. The van der Waals surface area contributed by atoms with Crippen molar-refractivity contribution in [2.24, 2.45) is 5.92 Å². The summed E-state index contributed by atoms with van der Waals surface area (Å²) in [4.78, 5) is 24.2. The van der Waals surface area contributed by atoms with Crippen molar-refractivity contribution >= 4 is 11.9 Å². The van der Waals surface area contributed by atoms with E-state index in [0.717, 1.165) is 16.9 Å². The predicted octanol–water partition coefficient (Wildman–Crippen LogP) is 3.22. The van der Waals surface area contributed by atoms with E-state index in [1.807, 2.05) is 54.6 Å². The van der Waals surface area contributed by atoms with Gasteiger partial charge in [0.25, 0.3) is 0 Å². The highest BCUT2D eigenvalue weighted by atomic mass is 16.6. The average Bonchev–Trinajstić information content (AvgIpc) is 2.69. The summed E-state index contributed by atoms with van der Waals surface area (Å²) in [5.41, 5.74) is 1.35. The van der Waals surface area contributed by atoms with Gasteiger partial charge in [-0.25, -0.2) is 0 Å². The summed E-state index contributed by atoms with van der Waals surface area (Å²) < 4.78 is 10.9. The number of hydrogen-bond donors (Lipinski definition) is 2. The fourth-order valence-electron chi connectivity index (χ4n) is 2.60. The van der Waals surface area contributed by atoms with Gasteiger partial charge < -0.3 is 19.9 Å². The summed E-state index contributed by atoms with van der Waals surface area (Å²) in [6.07, 6.45) is -0.161. The molecule has 6 heteroatoms. The summed E-state index contributed by atoms with van der Waals surface area (Å²) in [5.74, 6) is -0.991. The van der Waals surface area contributed by atoms with E-state index in [0.29, 0.717) is 13.2 Å². The van der Waals surface area contributed by atoms with Crippen LogP contribution in [0.2, 0.25) is 0 Å². The molecule has 2 rings (SSSR count). The summed E-state index contributed by atoms with van der Waals surface area (Å²) in [7, 11) is 0. The first-order valence-electron chi connectivity index (χ1n) is 9.63. The predicted molar refractivity (Wildman–Crippen MR) is 110 cm³/mol. The summed E-state index contributed by atoms with van der Waals surface area (Å²) >= 11 is 0. The second-order valence-corrected chi connectivity index (χ2v) is 7.81. The zero-order valence-corrected chi connectivity index (χ0v) is 17.2. The van der Waals surface area contributed by atoms with Crippen LogP contribution in [0.1, 0.15) is 38.3 Å². The summed E-state index contributed by atoms with van der Waals surface area (Å²) in [6.45, 7) is 5.63. The van der Waals surface area contributed by atoms with Gasteiger partial charge in [0.05, 0.1) is 18.9 Å². The Labute approximate surface area is 171 Å². The number of amides is 1. The molecule has 2 aromatic rings. The monoisotopic (exact) mass is 399 g/mol. The number of rotatable bonds is 9. The van der Waals surface area contributed by atoms with Gasteiger partial charge in [0, 0.05) is 6.54 Å². The normalized spacial score (nSPS) is 12.1. The zero-order chi connectivity index (χ0) is 21.3. The topological polar surface area (TPSA) is 84.9 Å².